The van der Waals surface area contributed by atoms with Crippen LogP contribution in [0.5, 0.6) is 0 Å². The summed E-state index contributed by atoms with van der Waals surface area (Å²) < 4.78 is 0. The summed E-state index contributed by atoms with van der Waals surface area (Å²) in [6.07, 6.45) is 0. The fourth-order valence-corrected chi connectivity index (χ4v) is 1.53. The minimum Gasteiger partial charge on any atom is -0.443 e. The Bertz CT molecular complexity index is 422. The van der Waals surface area contributed by atoms with Crippen LogP contribution in [-0.2, 0) is 0 Å². The van der Waals surface area contributed by atoms with Crippen LogP contribution in [0.3, 0.4) is 0 Å². The molecule has 0 aromatic heterocycles. The molecule has 0 bridgehead atoms. The normalized spacial score (nSPS) is 10.0. The van der Waals surface area contributed by atoms with E-state index in [1.807, 2.05) is 54.6 Å². The molecule has 0 aliphatic carbocycles. The second-order valence-corrected chi connectivity index (χ2v) is 3.55. The largest absolute Gasteiger partial charge is 0.443 e. The maximum atomic E-state index is 10.1. The molecule has 0 spiro atoms. The van der Waals surface area contributed by atoms with Gasteiger partial charge in [-0.3, -0.25) is 0 Å². The summed E-state index contributed by atoms with van der Waals surface area (Å²) in [7, 11) is 0. The van der Waals surface area contributed by atoms with Gasteiger partial charge in [0.1, 0.15) is 0 Å². The molecule has 15 heavy (non-hydrogen) atoms. The molecule has 1 N–H and O–H groups in total. The third-order valence-corrected chi connectivity index (χ3v) is 2.41. The molecule has 1 radical (unpaired) electrons. The average Bonchev–Trinajstić information content (AvgIpc) is 2.30. The molecule has 2 aromatic carbocycles. The second-order valence-electron chi connectivity index (χ2n) is 3.55. The molecular formula is C13H12BO. The van der Waals surface area contributed by atoms with Gasteiger partial charge in [0.2, 0.25) is 0 Å². The predicted octanol–water partition coefficient (Wildman–Crippen LogP) is 0.967. The van der Waals surface area contributed by atoms with Gasteiger partial charge >= 0.3 is 6.92 Å². The van der Waals surface area contributed by atoms with Crippen LogP contribution < -0.4 is 10.9 Å². The first-order chi connectivity index (χ1) is 7.27. The molecule has 0 fully saturated rings. The van der Waals surface area contributed by atoms with Crippen molar-refractivity contribution < 1.29 is 5.02 Å². The van der Waals surface area contributed by atoms with E-state index in [0.717, 1.165) is 16.5 Å². The Morgan fingerprint density at radius 1 is 0.800 bits per heavy atom. The highest BCUT2D eigenvalue weighted by Crippen LogP contribution is 1.95. The highest BCUT2D eigenvalue weighted by molar-refractivity contribution is 6.78. The smallest absolute Gasteiger partial charge is 0.358 e. The summed E-state index contributed by atoms with van der Waals surface area (Å²) in [5.74, 6) is 0. The monoisotopic (exact) mass is 195 g/mol. The van der Waals surface area contributed by atoms with Crippen LogP contribution in [0.25, 0.3) is 0 Å². The van der Waals surface area contributed by atoms with Crippen molar-refractivity contribution in [3.05, 3.63) is 67.1 Å². The molecular weight excluding hydrogens is 183 g/mol. The first-order valence-corrected chi connectivity index (χ1v) is 4.92. The van der Waals surface area contributed by atoms with Gasteiger partial charge < -0.3 is 5.02 Å². The SMILES string of the molecule is [CH2]c1ccc(B(O)c2ccccc2)cc1. The molecule has 0 heterocycles. The van der Waals surface area contributed by atoms with E-state index in [1.165, 1.54) is 0 Å². The molecule has 0 saturated carbocycles. The van der Waals surface area contributed by atoms with Gasteiger partial charge in [-0.15, -0.1) is 0 Å². The standard InChI is InChI=1S/C13H12BO/c1-11-7-9-13(10-8-11)14(15)12-5-3-2-4-6-12/h2-10,15H,1H2. The molecule has 0 aliphatic rings. The van der Waals surface area contributed by atoms with Crippen molar-refractivity contribution in [2.45, 2.75) is 0 Å². The van der Waals surface area contributed by atoms with Gasteiger partial charge in [0.25, 0.3) is 0 Å². The van der Waals surface area contributed by atoms with Crippen molar-refractivity contribution in [2.24, 2.45) is 0 Å². The zero-order valence-electron chi connectivity index (χ0n) is 8.43. The molecule has 0 amide bonds. The van der Waals surface area contributed by atoms with Crippen molar-refractivity contribution in [1.82, 2.24) is 0 Å². The lowest BCUT2D eigenvalue weighted by Crippen LogP contribution is -2.42. The molecule has 2 aromatic rings. The van der Waals surface area contributed by atoms with E-state index in [0.29, 0.717) is 0 Å². The Balaban J connectivity index is 2.29. The lowest BCUT2D eigenvalue weighted by molar-refractivity contribution is 0.600. The minimum atomic E-state index is -0.549. The molecule has 0 aliphatic heterocycles. The fraction of sp³-hybridized carbons (Fsp3) is 0. The molecule has 73 valence electrons. The van der Waals surface area contributed by atoms with Crippen LogP contribution in [0.1, 0.15) is 5.56 Å². The number of hydrogen-bond donors (Lipinski definition) is 1. The Kier molecular flexibility index (Phi) is 2.88. The van der Waals surface area contributed by atoms with E-state index in [2.05, 4.69) is 6.92 Å². The molecule has 2 rings (SSSR count). The van der Waals surface area contributed by atoms with Gasteiger partial charge in [0, 0.05) is 0 Å². The van der Waals surface area contributed by atoms with Crippen LogP contribution in [0.2, 0.25) is 0 Å². The van der Waals surface area contributed by atoms with Crippen LogP contribution in [0, 0.1) is 6.92 Å². The van der Waals surface area contributed by atoms with Gasteiger partial charge in [0.05, 0.1) is 0 Å². The lowest BCUT2D eigenvalue weighted by atomic mass is 9.56. The summed E-state index contributed by atoms with van der Waals surface area (Å²) in [5, 5.41) is 10.1. The van der Waals surface area contributed by atoms with Crippen molar-refractivity contribution in [2.75, 3.05) is 0 Å². The maximum absolute atomic E-state index is 10.1. The Labute approximate surface area is 90.5 Å². The quantitative estimate of drug-likeness (QED) is 0.707. The van der Waals surface area contributed by atoms with Crippen molar-refractivity contribution in [1.29, 1.82) is 0 Å². The van der Waals surface area contributed by atoms with E-state index in [9.17, 15) is 5.02 Å². The Morgan fingerprint density at radius 3 is 1.93 bits per heavy atom. The lowest BCUT2D eigenvalue weighted by Gasteiger charge is -2.06. The summed E-state index contributed by atoms with van der Waals surface area (Å²) in [6, 6.07) is 17.2. The molecule has 0 unspecified atom stereocenters. The van der Waals surface area contributed by atoms with E-state index >= 15 is 0 Å². The van der Waals surface area contributed by atoms with Crippen molar-refractivity contribution in [3.63, 3.8) is 0 Å². The van der Waals surface area contributed by atoms with Gasteiger partial charge in [-0.2, -0.15) is 0 Å². The van der Waals surface area contributed by atoms with Gasteiger partial charge in [-0.25, -0.2) is 0 Å². The van der Waals surface area contributed by atoms with E-state index in [-0.39, 0.29) is 0 Å². The van der Waals surface area contributed by atoms with Gasteiger partial charge in [0.15, 0.2) is 0 Å². The summed E-state index contributed by atoms with van der Waals surface area (Å²) >= 11 is 0. The third kappa shape index (κ3) is 2.28. The topological polar surface area (TPSA) is 20.2 Å². The Morgan fingerprint density at radius 2 is 1.33 bits per heavy atom. The van der Waals surface area contributed by atoms with Gasteiger partial charge in [-0.05, 0) is 23.4 Å². The van der Waals surface area contributed by atoms with E-state index < -0.39 is 6.92 Å². The molecule has 1 nitrogen and oxygen atoms in total. The minimum absolute atomic E-state index is 0.549. The fourth-order valence-electron chi connectivity index (χ4n) is 1.53. The first kappa shape index (κ1) is 10.00. The second kappa shape index (κ2) is 4.32. The summed E-state index contributed by atoms with van der Waals surface area (Å²) in [4.78, 5) is 0. The summed E-state index contributed by atoms with van der Waals surface area (Å²) in [6.45, 7) is 3.26. The summed E-state index contributed by atoms with van der Waals surface area (Å²) in [5.41, 5.74) is 2.77. The third-order valence-electron chi connectivity index (χ3n) is 2.41. The van der Waals surface area contributed by atoms with Crippen molar-refractivity contribution in [3.8, 4) is 0 Å². The van der Waals surface area contributed by atoms with Crippen molar-refractivity contribution >= 4 is 17.8 Å². The Hall–Kier alpha value is -1.54. The zero-order valence-corrected chi connectivity index (χ0v) is 8.43. The molecule has 2 heteroatoms. The van der Waals surface area contributed by atoms with Crippen LogP contribution in [0.15, 0.2) is 54.6 Å². The molecule has 0 atom stereocenters. The number of rotatable bonds is 2. The van der Waals surface area contributed by atoms with Crippen LogP contribution in [0.4, 0.5) is 0 Å². The predicted molar refractivity (Wildman–Crippen MR) is 64.6 cm³/mol. The zero-order chi connectivity index (χ0) is 10.7. The first-order valence-electron chi connectivity index (χ1n) is 4.92. The number of benzene rings is 2. The van der Waals surface area contributed by atoms with E-state index in [1.54, 1.807) is 0 Å². The van der Waals surface area contributed by atoms with Crippen LogP contribution in [-0.4, -0.2) is 11.9 Å². The van der Waals surface area contributed by atoms with Crippen LogP contribution >= 0.6 is 0 Å². The number of hydrogen-bond acceptors (Lipinski definition) is 1. The highest BCUT2D eigenvalue weighted by atomic mass is 16.2. The van der Waals surface area contributed by atoms with Gasteiger partial charge in [-0.1, -0.05) is 54.6 Å². The highest BCUT2D eigenvalue weighted by Gasteiger charge is 2.15. The average molecular weight is 195 g/mol. The molecule has 0 saturated heterocycles. The van der Waals surface area contributed by atoms with E-state index in [4.69, 9.17) is 0 Å². The maximum Gasteiger partial charge on any atom is 0.358 e.